The molecular weight excluding hydrogens is 306 g/mol. The van der Waals surface area contributed by atoms with Crippen molar-refractivity contribution in [3.63, 3.8) is 0 Å². The third-order valence-corrected chi connectivity index (χ3v) is 3.55. The van der Waals surface area contributed by atoms with Gasteiger partial charge in [-0.25, -0.2) is 4.79 Å². The topological polar surface area (TPSA) is 55.8 Å². The van der Waals surface area contributed by atoms with Crippen molar-refractivity contribution in [3.8, 4) is 11.5 Å². The van der Waals surface area contributed by atoms with Crippen LogP contribution in [0.3, 0.4) is 0 Å². The van der Waals surface area contributed by atoms with E-state index in [0.717, 1.165) is 11.1 Å². The summed E-state index contributed by atoms with van der Waals surface area (Å²) in [4.78, 5) is 25.3. The summed E-state index contributed by atoms with van der Waals surface area (Å²) < 4.78 is 10.8. The third-order valence-electron chi connectivity index (χ3n) is 3.55. The normalized spacial score (nSPS) is 14.3. The van der Waals surface area contributed by atoms with Crippen molar-refractivity contribution < 1.29 is 19.1 Å². The molecule has 0 aliphatic carbocycles. The van der Waals surface area contributed by atoms with Gasteiger partial charge < -0.3 is 14.4 Å². The van der Waals surface area contributed by atoms with E-state index < -0.39 is 6.09 Å². The number of Topliss-reactive ketones (excluding diaryl/α,β-unsaturated/α-hetero) is 1. The van der Waals surface area contributed by atoms with Gasteiger partial charge in [-0.05, 0) is 30.7 Å². The summed E-state index contributed by atoms with van der Waals surface area (Å²) in [6, 6.07) is 12.5. The SMILES string of the molecule is Cc1cccc(/C=C2\Oc3cc(OC(=O)N(C)C)ccc3C2=O)c1. The number of hydrogen-bond donors (Lipinski definition) is 0. The molecule has 0 atom stereocenters. The molecule has 5 heteroatoms. The minimum absolute atomic E-state index is 0.183. The Morgan fingerprint density at radius 2 is 1.96 bits per heavy atom. The maximum absolute atomic E-state index is 12.4. The van der Waals surface area contributed by atoms with Crippen molar-refractivity contribution >= 4 is 18.0 Å². The lowest BCUT2D eigenvalue weighted by molar-refractivity contribution is 0.101. The van der Waals surface area contributed by atoms with Crippen molar-refractivity contribution in [2.45, 2.75) is 6.92 Å². The van der Waals surface area contributed by atoms with Crippen molar-refractivity contribution in [2.75, 3.05) is 14.1 Å². The largest absolute Gasteiger partial charge is 0.452 e. The predicted molar refractivity (Wildman–Crippen MR) is 90.3 cm³/mol. The number of aryl methyl sites for hydroxylation is 1. The smallest absolute Gasteiger partial charge is 0.414 e. The summed E-state index contributed by atoms with van der Waals surface area (Å²) in [5.74, 6) is 0.795. The van der Waals surface area contributed by atoms with E-state index in [0.29, 0.717) is 17.1 Å². The highest BCUT2D eigenvalue weighted by molar-refractivity contribution is 6.14. The molecule has 122 valence electrons. The molecule has 5 nitrogen and oxygen atoms in total. The van der Waals surface area contributed by atoms with Crippen molar-refractivity contribution in [1.29, 1.82) is 0 Å². The lowest BCUT2D eigenvalue weighted by atomic mass is 10.1. The van der Waals surface area contributed by atoms with Crippen LogP contribution in [0.5, 0.6) is 11.5 Å². The van der Waals surface area contributed by atoms with Gasteiger partial charge in [0, 0.05) is 20.2 Å². The van der Waals surface area contributed by atoms with Crippen LogP contribution in [0.1, 0.15) is 21.5 Å². The molecule has 24 heavy (non-hydrogen) atoms. The van der Waals surface area contributed by atoms with Crippen LogP contribution >= 0.6 is 0 Å². The van der Waals surface area contributed by atoms with E-state index in [1.807, 2.05) is 31.2 Å². The second-order valence-corrected chi connectivity index (χ2v) is 5.77. The van der Waals surface area contributed by atoms with E-state index in [4.69, 9.17) is 9.47 Å². The van der Waals surface area contributed by atoms with Gasteiger partial charge >= 0.3 is 6.09 Å². The summed E-state index contributed by atoms with van der Waals surface area (Å²) in [6.07, 6.45) is 1.22. The Morgan fingerprint density at radius 1 is 1.17 bits per heavy atom. The minimum atomic E-state index is -0.491. The molecule has 1 amide bonds. The highest BCUT2D eigenvalue weighted by atomic mass is 16.6. The van der Waals surface area contributed by atoms with Crippen LogP contribution < -0.4 is 9.47 Å². The van der Waals surface area contributed by atoms with Gasteiger partial charge in [-0.1, -0.05) is 29.8 Å². The van der Waals surface area contributed by atoms with Gasteiger partial charge in [-0.15, -0.1) is 0 Å². The maximum atomic E-state index is 12.4. The molecule has 0 aromatic heterocycles. The monoisotopic (exact) mass is 323 g/mol. The van der Waals surface area contributed by atoms with Gasteiger partial charge in [0.05, 0.1) is 5.56 Å². The number of carbonyl (C=O) groups excluding carboxylic acids is 2. The fourth-order valence-corrected chi connectivity index (χ4v) is 2.33. The Bertz CT molecular complexity index is 852. The highest BCUT2D eigenvalue weighted by Crippen LogP contribution is 2.35. The van der Waals surface area contributed by atoms with E-state index in [2.05, 4.69) is 0 Å². The Balaban J connectivity index is 1.86. The Morgan fingerprint density at radius 3 is 2.67 bits per heavy atom. The second-order valence-electron chi connectivity index (χ2n) is 5.77. The number of nitrogens with zero attached hydrogens (tertiary/aromatic N) is 1. The number of benzene rings is 2. The number of allylic oxidation sites excluding steroid dienone is 1. The van der Waals surface area contributed by atoms with Crippen molar-refractivity contribution in [2.24, 2.45) is 0 Å². The summed E-state index contributed by atoms with van der Waals surface area (Å²) in [5.41, 5.74) is 2.45. The lowest BCUT2D eigenvalue weighted by Gasteiger charge is -2.10. The molecule has 2 aromatic carbocycles. The molecule has 0 fully saturated rings. The van der Waals surface area contributed by atoms with Crippen LogP contribution in [0.2, 0.25) is 0 Å². The molecule has 1 heterocycles. The standard InChI is InChI=1S/C19H17NO4/c1-12-5-4-6-13(9-12)10-17-18(21)15-8-7-14(11-16(15)24-17)23-19(22)20(2)3/h4-11H,1-3H3/b17-10-. The molecule has 0 radical (unpaired) electrons. The average molecular weight is 323 g/mol. The van der Waals surface area contributed by atoms with Crippen LogP contribution in [0.4, 0.5) is 4.79 Å². The van der Waals surface area contributed by atoms with Crippen molar-refractivity contribution in [1.82, 2.24) is 4.90 Å². The second kappa shape index (κ2) is 6.20. The van der Waals surface area contributed by atoms with Crippen LogP contribution in [-0.2, 0) is 0 Å². The molecule has 0 saturated heterocycles. The highest BCUT2D eigenvalue weighted by Gasteiger charge is 2.28. The Kier molecular flexibility index (Phi) is 4.08. The van der Waals surface area contributed by atoms with Gasteiger partial charge in [0.2, 0.25) is 5.78 Å². The summed E-state index contributed by atoms with van der Waals surface area (Å²) >= 11 is 0. The molecule has 0 saturated carbocycles. The summed E-state index contributed by atoms with van der Waals surface area (Å²) in [6.45, 7) is 1.99. The zero-order valence-corrected chi connectivity index (χ0v) is 13.7. The van der Waals surface area contributed by atoms with Crippen LogP contribution in [0.15, 0.2) is 48.2 Å². The fraction of sp³-hybridized carbons (Fsp3) is 0.158. The first-order valence-electron chi connectivity index (χ1n) is 7.48. The first kappa shape index (κ1) is 15.8. The number of ether oxygens (including phenoxy) is 2. The summed E-state index contributed by atoms with van der Waals surface area (Å²) in [5, 5.41) is 0. The van der Waals surface area contributed by atoms with E-state index in [1.165, 1.54) is 4.90 Å². The van der Waals surface area contributed by atoms with Crippen LogP contribution in [0, 0.1) is 6.92 Å². The number of carbonyl (C=O) groups is 2. The fourth-order valence-electron chi connectivity index (χ4n) is 2.33. The molecular formula is C19H17NO4. The number of amides is 1. The number of ketones is 1. The van der Waals surface area contributed by atoms with Crippen LogP contribution in [-0.4, -0.2) is 30.9 Å². The van der Waals surface area contributed by atoms with Gasteiger partial charge in [0.15, 0.2) is 5.76 Å². The summed E-state index contributed by atoms with van der Waals surface area (Å²) in [7, 11) is 3.19. The third kappa shape index (κ3) is 3.15. The maximum Gasteiger partial charge on any atom is 0.414 e. The van der Waals surface area contributed by atoms with E-state index in [-0.39, 0.29) is 11.5 Å². The molecule has 1 aliphatic rings. The van der Waals surface area contributed by atoms with Crippen LogP contribution in [0.25, 0.3) is 6.08 Å². The van der Waals surface area contributed by atoms with E-state index in [9.17, 15) is 9.59 Å². The van der Waals surface area contributed by atoms with Crippen molar-refractivity contribution in [3.05, 3.63) is 64.9 Å². The molecule has 2 aromatic rings. The predicted octanol–water partition coefficient (Wildman–Crippen LogP) is 3.67. The number of hydrogen-bond acceptors (Lipinski definition) is 4. The molecule has 0 unspecified atom stereocenters. The van der Waals surface area contributed by atoms with Gasteiger partial charge in [0.25, 0.3) is 0 Å². The molecule has 1 aliphatic heterocycles. The molecule has 0 spiro atoms. The number of fused-ring (bicyclic) bond motifs is 1. The minimum Gasteiger partial charge on any atom is -0.452 e. The van der Waals surface area contributed by atoms with E-state index >= 15 is 0 Å². The first-order valence-corrected chi connectivity index (χ1v) is 7.48. The average Bonchev–Trinajstić information content (AvgIpc) is 2.83. The Hall–Kier alpha value is -3.08. The Labute approximate surface area is 140 Å². The van der Waals surface area contributed by atoms with Gasteiger partial charge in [-0.2, -0.15) is 0 Å². The van der Waals surface area contributed by atoms with E-state index in [1.54, 1.807) is 38.4 Å². The molecule has 0 bridgehead atoms. The molecule has 0 N–H and O–H groups in total. The zero-order chi connectivity index (χ0) is 17.3. The van der Waals surface area contributed by atoms with Gasteiger partial charge in [0.1, 0.15) is 11.5 Å². The molecule has 3 rings (SSSR count). The quantitative estimate of drug-likeness (QED) is 0.791. The van der Waals surface area contributed by atoms with Gasteiger partial charge in [-0.3, -0.25) is 4.79 Å². The first-order chi connectivity index (χ1) is 11.4. The number of rotatable bonds is 2. The lowest BCUT2D eigenvalue weighted by Crippen LogP contribution is -2.25. The zero-order valence-electron chi connectivity index (χ0n) is 13.7.